The summed E-state index contributed by atoms with van der Waals surface area (Å²) < 4.78 is 50.2. The Hall–Kier alpha value is -6.62. The molecule has 10 nitrogen and oxygen atoms in total. The third kappa shape index (κ3) is 12.9. The summed E-state index contributed by atoms with van der Waals surface area (Å²) in [6.45, 7) is 22.1. The van der Waals surface area contributed by atoms with Crippen molar-refractivity contribution in [2.45, 2.75) is 273 Å². The standard InChI is InChI=1S/2C26H33NO2.2C24H31NO/c2*1-17(28)29-20-10-12-25(2)19(15-20)6-7-21-23-9-8-22(18-5-4-14-27-16-18)26(23,3)13-11-24(21)25;2*1-23-11-9-18(26)14-17(23)5-6-19-21-8-7-20(16-4-3-13-25-15-16)24(21,2)12-10-22(19)23/h2*4-6,8,14,16,20-21,23-24H,7,9-13,15H2,1-3H3;2*3-5,7,13,15,18-19,21-22,26H,6,8-12,14H2,1-2H3/t2*20-,21?,23?,24?,25-,26+;2*18-,19?,21?,22?,23-,24+/m0000/s1/i23D;2*21D;19D. The molecule has 0 saturated heterocycles. The van der Waals surface area contributed by atoms with Crippen LogP contribution in [0.15, 0.2) is 169 Å². The zero-order chi connectivity index (χ0) is 80.0. The van der Waals surface area contributed by atoms with E-state index < -0.39 is 23.6 Å². The molecule has 0 amide bonds. The second kappa shape index (κ2) is 29.3. The zero-order valence-electron chi connectivity index (χ0n) is 71.9. The molecule has 110 heavy (non-hydrogen) atoms. The average molecular weight is 1490 g/mol. The minimum atomic E-state index is -0.459. The molecule has 24 atom stereocenters. The smallest absolute Gasteiger partial charge is 0.302 e. The van der Waals surface area contributed by atoms with E-state index in [-0.39, 0.29) is 79.7 Å². The van der Waals surface area contributed by atoms with Crippen molar-refractivity contribution in [3.63, 3.8) is 0 Å². The summed E-state index contributed by atoms with van der Waals surface area (Å²) in [6.07, 6.45) is 61.7. The van der Waals surface area contributed by atoms with Crippen LogP contribution < -0.4 is 0 Å². The normalized spacial score (nSPS) is 45.7. The minimum absolute atomic E-state index is 0.0132. The molecule has 584 valence electrons. The average Bonchev–Trinajstić information content (AvgIpc) is 1.36. The number of carbonyl (C=O) groups excluding carboxylic acids is 2. The van der Waals surface area contributed by atoms with E-state index >= 15 is 0 Å². The zero-order valence-corrected chi connectivity index (χ0v) is 67.9. The molecule has 8 saturated carbocycles. The molecule has 0 spiro atoms. The summed E-state index contributed by atoms with van der Waals surface area (Å²) in [7, 11) is 0. The van der Waals surface area contributed by atoms with Gasteiger partial charge >= 0.3 is 11.9 Å². The van der Waals surface area contributed by atoms with E-state index in [1.807, 2.05) is 73.8 Å². The van der Waals surface area contributed by atoms with Gasteiger partial charge in [-0.2, -0.15) is 0 Å². The topological polar surface area (TPSA) is 145 Å². The highest BCUT2D eigenvalue weighted by Gasteiger charge is 2.62. The highest BCUT2D eigenvalue weighted by atomic mass is 16.5. The van der Waals surface area contributed by atoms with Gasteiger partial charge in [-0.25, -0.2) is 0 Å². The quantitative estimate of drug-likeness (QED) is 0.141. The Bertz CT molecular complexity index is 4640. The summed E-state index contributed by atoms with van der Waals surface area (Å²) in [5.41, 5.74) is 16.6. The summed E-state index contributed by atoms with van der Waals surface area (Å²) >= 11 is 0. The predicted molar refractivity (Wildman–Crippen MR) is 440 cm³/mol. The lowest BCUT2D eigenvalue weighted by Gasteiger charge is -2.57. The van der Waals surface area contributed by atoms with Crippen LogP contribution in [0, 0.1) is 114 Å². The van der Waals surface area contributed by atoms with Crippen LogP contribution >= 0.6 is 0 Å². The first-order chi connectivity index (χ1) is 54.3. The van der Waals surface area contributed by atoms with Crippen molar-refractivity contribution >= 4 is 34.2 Å². The molecule has 2 N–H and O–H groups in total. The van der Waals surface area contributed by atoms with Crippen molar-refractivity contribution in [2.24, 2.45) is 114 Å². The molecule has 4 aromatic rings. The molecule has 16 aliphatic rings. The largest absolute Gasteiger partial charge is 0.462 e. The van der Waals surface area contributed by atoms with Gasteiger partial charge in [0.05, 0.1) is 12.2 Å². The van der Waals surface area contributed by atoms with Gasteiger partial charge in [0.25, 0.3) is 0 Å². The Kier molecular flexibility index (Phi) is 19.0. The maximum atomic E-state index is 11.5. The lowest BCUT2D eigenvalue weighted by molar-refractivity contribution is -0.149. The molecule has 12 unspecified atom stereocenters. The molecular weight excluding hydrogens is 1350 g/mol. The van der Waals surface area contributed by atoms with Crippen LogP contribution in [-0.4, -0.2) is 66.5 Å². The van der Waals surface area contributed by atoms with E-state index in [1.165, 1.54) is 93.5 Å². The summed E-state index contributed by atoms with van der Waals surface area (Å²) in [6, 6.07) is 16.7. The third-order valence-corrected chi connectivity index (χ3v) is 33.9. The third-order valence-electron chi connectivity index (χ3n) is 33.9. The monoisotopic (exact) mass is 1490 g/mol. The van der Waals surface area contributed by atoms with Crippen molar-refractivity contribution in [1.82, 2.24) is 19.9 Å². The lowest BCUT2D eigenvalue weighted by Crippen LogP contribution is -2.50. The molecule has 0 aromatic carbocycles. The van der Waals surface area contributed by atoms with Gasteiger partial charge < -0.3 is 19.7 Å². The number of pyridine rings is 4. The molecular formula is C100H128N4O6. The van der Waals surface area contributed by atoms with Crippen molar-refractivity contribution in [2.75, 3.05) is 0 Å². The molecule has 0 aliphatic heterocycles. The Morgan fingerprint density at radius 2 is 0.655 bits per heavy atom. The Labute approximate surface area is 664 Å². The molecule has 4 aromatic heterocycles. The molecule has 10 heteroatoms. The van der Waals surface area contributed by atoms with Crippen LogP contribution in [0.3, 0.4) is 0 Å². The van der Waals surface area contributed by atoms with E-state index in [0.717, 1.165) is 167 Å². The van der Waals surface area contributed by atoms with Crippen molar-refractivity contribution in [3.05, 3.63) is 191 Å². The van der Waals surface area contributed by atoms with Crippen molar-refractivity contribution in [3.8, 4) is 0 Å². The van der Waals surface area contributed by atoms with Gasteiger partial charge in [0.15, 0.2) is 0 Å². The Morgan fingerprint density at radius 1 is 0.355 bits per heavy atom. The maximum absolute atomic E-state index is 11.5. The van der Waals surface area contributed by atoms with Gasteiger partial charge in [-0.15, -0.1) is 0 Å². The van der Waals surface area contributed by atoms with Gasteiger partial charge in [0, 0.05) is 81.7 Å². The van der Waals surface area contributed by atoms with E-state index in [1.54, 1.807) is 0 Å². The summed E-state index contributed by atoms with van der Waals surface area (Å²) in [5, 5.41) is 20.3. The fraction of sp³-hybridized carbons (Fsp3) is 0.620. The van der Waals surface area contributed by atoms with Crippen LogP contribution in [0.5, 0.6) is 0 Å². The van der Waals surface area contributed by atoms with Crippen LogP contribution in [0.2, 0.25) is 0 Å². The maximum Gasteiger partial charge on any atom is 0.302 e. The number of nitrogens with zero attached hydrogens (tertiary/aromatic N) is 4. The number of carbonyl (C=O) groups is 2. The first-order valence-corrected chi connectivity index (χ1v) is 43.2. The van der Waals surface area contributed by atoms with Crippen molar-refractivity contribution < 1.29 is 34.8 Å². The number of esters is 2. The van der Waals surface area contributed by atoms with E-state index in [9.17, 15) is 25.3 Å². The SMILES string of the molecule is [2H]C12CC=C(c3cccnc3)[C@@]1(C)CCC1C2CC=C2C[C@@H](O)CC[C@@]21C.[2H]C12CC=C(c3cccnc3)[C@@]1(C)CCC1C2CC=C2C[C@@H](OC(C)=O)CC[C@@]21C.[2H]C12CC=C3C[C@@H](O)CC[C@]3(C)C1CC[C@]1(C)C(c3cccnc3)=CCC21.[2H]C12CC=C3C[C@@H](OC(C)=O)CC[C@]3(C)C1CC[C@]1(C)C(c3cccnc3)=CCC21. The number of ether oxygens (including phenoxy) is 2. The highest BCUT2D eigenvalue weighted by molar-refractivity contribution is 5.75. The van der Waals surface area contributed by atoms with Crippen LogP contribution in [-0.2, 0) is 19.1 Å². The number of hydrogen-bond acceptors (Lipinski definition) is 10. The van der Waals surface area contributed by atoms with Gasteiger partial charge in [-0.05, 0) is 350 Å². The van der Waals surface area contributed by atoms with Crippen LogP contribution in [0.1, 0.15) is 277 Å². The van der Waals surface area contributed by atoms with Gasteiger partial charge in [0.2, 0.25) is 0 Å². The number of aliphatic hydroxyl groups is 2. The molecule has 16 aliphatic carbocycles. The van der Waals surface area contributed by atoms with E-state index in [0.29, 0.717) is 47.3 Å². The second-order valence-electron chi connectivity index (χ2n) is 39.0. The summed E-state index contributed by atoms with van der Waals surface area (Å²) in [4.78, 5) is 40.3. The van der Waals surface area contributed by atoms with Crippen LogP contribution in [0.4, 0.5) is 0 Å². The molecule has 20 rings (SSSR count). The number of allylic oxidation sites excluding steroid dienone is 12. The first-order valence-electron chi connectivity index (χ1n) is 45.2. The summed E-state index contributed by atoms with van der Waals surface area (Å²) in [5.74, 6) is 1.36. The predicted octanol–water partition coefficient (Wildman–Crippen LogP) is 22.7. The number of aromatic nitrogens is 4. The molecule has 8 fully saturated rings. The van der Waals surface area contributed by atoms with Gasteiger partial charge in [0.1, 0.15) is 12.2 Å². The first kappa shape index (κ1) is 71.2. The second-order valence-corrected chi connectivity index (χ2v) is 39.0. The van der Waals surface area contributed by atoms with Crippen LogP contribution in [0.25, 0.3) is 22.3 Å². The van der Waals surface area contributed by atoms with Gasteiger partial charge in [-0.1, -0.05) is 151 Å². The van der Waals surface area contributed by atoms with E-state index in [4.69, 9.17) is 9.47 Å². The molecule has 0 bridgehead atoms. The minimum Gasteiger partial charge on any atom is -0.462 e. The fourth-order valence-corrected chi connectivity index (χ4v) is 27.9. The molecule has 4 heterocycles. The Morgan fingerprint density at radius 3 is 1.01 bits per heavy atom. The lowest BCUT2D eigenvalue weighted by atomic mass is 9.47. The number of rotatable bonds is 6. The number of fused-ring (bicyclic) bond motifs is 20. The van der Waals surface area contributed by atoms with E-state index in [2.05, 4.69) is 148 Å². The van der Waals surface area contributed by atoms with Crippen molar-refractivity contribution in [1.29, 1.82) is 0 Å². The van der Waals surface area contributed by atoms with Gasteiger partial charge in [-0.3, -0.25) is 29.5 Å². The Balaban J connectivity index is 0.000000110. The highest BCUT2D eigenvalue weighted by Crippen LogP contribution is 2.72. The number of aliphatic hydroxyl groups excluding tert-OH is 2. The number of hydrogen-bond donors (Lipinski definition) is 2. The molecule has 0 radical (unpaired) electrons. The fourth-order valence-electron chi connectivity index (χ4n) is 27.9.